The molecule has 0 spiro atoms. The highest BCUT2D eigenvalue weighted by Gasteiger charge is 2.39. The van der Waals surface area contributed by atoms with Crippen molar-refractivity contribution in [3.05, 3.63) is 57.9 Å². The van der Waals surface area contributed by atoms with Crippen LogP contribution in [-0.2, 0) is 19.1 Å². The fraction of sp³-hybridized carbons (Fsp3) is 0.300. The summed E-state index contributed by atoms with van der Waals surface area (Å²) in [6, 6.07) is 7.62. The highest BCUT2D eigenvalue weighted by molar-refractivity contribution is 5.99. The van der Waals surface area contributed by atoms with Gasteiger partial charge in [-0.25, -0.2) is 9.59 Å². The van der Waals surface area contributed by atoms with Crippen molar-refractivity contribution in [1.82, 2.24) is 5.32 Å². The molecule has 2 aliphatic rings. The first-order valence-corrected chi connectivity index (χ1v) is 8.25. The van der Waals surface area contributed by atoms with E-state index in [0.717, 1.165) is 16.9 Å². The van der Waals surface area contributed by atoms with E-state index in [1.165, 1.54) is 14.2 Å². The molecule has 0 radical (unpaired) electrons. The molecule has 2 heterocycles. The molecule has 0 amide bonds. The quantitative estimate of drug-likeness (QED) is 0.840. The van der Waals surface area contributed by atoms with Crippen molar-refractivity contribution < 1.29 is 23.8 Å². The number of dihydropyridines is 1. The maximum atomic E-state index is 12.5. The smallest absolute Gasteiger partial charge is 0.336 e. The highest BCUT2D eigenvalue weighted by Crippen LogP contribution is 2.39. The molecule has 0 fully saturated rings. The van der Waals surface area contributed by atoms with E-state index in [4.69, 9.17) is 14.2 Å². The first-order valence-electron chi connectivity index (χ1n) is 8.25. The van der Waals surface area contributed by atoms with Crippen molar-refractivity contribution in [3.63, 3.8) is 0 Å². The molecule has 0 aliphatic carbocycles. The zero-order chi connectivity index (χ0) is 18.8. The van der Waals surface area contributed by atoms with Crippen LogP contribution in [0, 0.1) is 5.92 Å². The van der Waals surface area contributed by atoms with Gasteiger partial charge in [0.1, 0.15) is 12.4 Å². The highest BCUT2D eigenvalue weighted by atomic mass is 16.5. The number of hydrogen-bond acceptors (Lipinski definition) is 6. The monoisotopic (exact) mass is 355 g/mol. The van der Waals surface area contributed by atoms with Crippen LogP contribution in [0.15, 0.2) is 52.4 Å². The van der Waals surface area contributed by atoms with E-state index in [0.29, 0.717) is 22.5 Å². The van der Waals surface area contributed by atoms with Crippen molar-refractivity contribution in [2.24, 2.45) is 5.92 Å². The normalized spacial score (nSPS) is 17.0. The standard InChI is InChI=1S/C20H21NO5/c1-11-16(19(22)24-3)18(17(12(2)21-11)20(23)25-4)14-9-13-7-5-6-8-15(13)26-10-14/h5-9,18,21H,10H2,1-4H3. The zero-order valence-corrected chi connectivity index (χ0v) is 15.2. The number of methoxy groups -OCH3 is 2. The van der Waals surface area contributed by atoms with E-state index in [2.05, 4.69) is 5.32 Å². The van der Waals surface area contributed by atoms with E-state index >= 15 is 0 Å². The topological polar surface area (TPSA) is 73.9 Å². The van der Waals surface area contributed by atoms with Gasteiger partial charge in [-0.15, -0.1) is 0 Å². The number of nitrogens with one attached hydrogen (secondary N) is 1. The van der Waals surface area contributed by atoms with E-state index in [1.807, 2.05) is 30.3 Å². The molecular formula is C20H21NO5. The molecule has 1 aromatic rings. The summed E-state index contributed by atoms with van der Waals surface area (Å²) in [5, 5.41) is 3.09. The molecule has 136 valence electrons. The minimum Gasteiger partial charge on any atom is -0.489 e. The number of benzene rings is 1. The lowest BCUT2D eigenvalue weighted by Gasteiger charge is -2.32. The van der Waals surface area contributed by atoms with Gasteiger partial charge in [0.15, 0.2) is 0 Å². The Morgan fingerprint density at radius 2 is 1.62 bits per heavy atom. The Morgan fingerprint density at radius 1 is 1.04 bits per heavy atom. The van der Waals surface area contributed by atoms with Crippen LogP contribution in [0.1, 0.15) is 19.4 Å². The van der Waals surface area contributed by atoms with Crippen LogP contribution in [0.25, 0.3) is 6.08 Å². The average Bonchev–Trinajstić information content (AvgIpc) is 2.65. The number of carbonyl (C=O) groups is 2. The summed E-state index contributed by atoms with van der Waals surface area (Å²) in [5.74, 6) is -0.808. The summed E-state index contributed by atoms with van der Waals surface area (Å²) in [6.07, 6.45) is 1.96. The second-order valence-corrected chi connectivity index (χ2v) is 6.16. The van der Waals surface area contributed by atoms with Crippen LogP contribution in [0.4, 0.5) is 0 Å². The van der Waals surface area contributed by atoms with Gasteiger partial charge in [-0.1, -0.05) is 18.2 Å². The molecule has 2 aliphatic heterocycles. The molecule has 0 aromatic heterocycles. The Morgan fingerprint density at radius 3 is 2.19 bits per heavy atom. The number of fused-ring (bicyclic) bond motifs is 1. The third kappa shape index (κ3) is 2.98. The molecule has 1 aromatic carbocycles. The molecule has 6 heteroatoms. The van der Waals surface area contributed by atoms with Crippen molar-refractivity contribution >= 4 is 18.0 Å². The number of hydrogen-bond donors (Lipinski definition) is 1. The van der Waals surface area contributed by atoms with Crippen molar-refractivity contribution in [1.29, 1.82) is 0 Å². The van der Waals surface area contributed by atoms with Crippen LogP contribution in [0.3, 0.4) is 0 Å². The van der Waals surface area contributed by atoms with Gasteiger partial charge in [0.05, 0.1) is 31.3 Å². The molecule has 3 rings (SSSR count). The van der Waals surface area contributed by atoms with Crippen LogP contribution in [0.5, 0.6) is 5.75 Å². The fourth-order valence-corrected chi connectivity index (χ4v) is 3.43. The molecule has 0 bridgehead atoms. The molecule has 1 N–H and O–H groups in total. The zero-order valence-electron chi connectivity index (χ0n) is 15.2. The summed E-state index contributed by atoms with van der Waals surface area (Å²) in [7, 11) is 2.65. The Balaban J connectivity index is 2.17. The van der Waals surface area contributed by atoms with E-state index in [-0.39, 0.29) is 6.61 Å². The lowest BCUT2D eigenvalue weighted by molar-refractivity contribution is -0.137. The van der Waals surface area contributed by atoms with Crippen molar-refractivity contribution in [3.8, 4) is 5.75 Å². The summed E-state index contributed by atoms with van der Waals surface area (Å²) < 4.78 is 15.8. The number of ether oxygens (including phenoxy) is 3. The van der Waals surface area contributed by atoms with Crippen LogP contribution >= 0.6 is 0 Å². The third-order valence-electron chi connectivity index (χ3n) is 4.60. The van der Waals surface area contributed by atoms with Gasteiger partial charge in [-0.05, 0) is 31.6 Å². The van der Waals surface area contributed by atoms with Gasteiger partial charge in [0.2, 0.25) is 0 Å². The minimum absolute atomic E-state index is 0.267. The van der Waals surface area contributed by atoms with Crippen LogP contribution < -0.4 is 10.1 Å². The van der Waals surface area contributed by atoms with Gasteiger partial charge in [0, 0.05) is 17.0 Å². The van der Waals surface area contributed by atoms with E-state index < -0.39 is 17.9 Å². The Kier molecular flexibility index (Phi) is 4.84. The summed E-state index contributed by atoms with van der Waals surface area (Å²) in [5.41, 5.74) is 3.75. The Hall–Kier alpha value is -3.02. The van der Waals surface area contributed by atoms with Crippen molar-refractivity contribution in [2.75, 3.05) is 20.8 Å². The maximum Gasteiger partial charge on any atom is 0.336 e. The van der Waals surface area contributed by atoms with Gasteiger partial charge in [0.25, 0.3) is 0 Å². The van der Waals surface area contributed by atoms with E-state index in [1.54, 1.807) is 13.8 Å². The first kappa shape index (κ1) is 17.8. The molecular weight excluding hydrogens is 334 g/mol. The largest absolute Gasteiger partial charge is 0.489 e. The predicted octanol–water partition coefficient (Wildman–Crippen LogP) is 2.58. The fourth-order valence-electron chi connectivity index (χ4n) is 3.43. The molecule has 0 saturated carbocycles. The predicted molar refractivity (Wildman–Crippen MR) is 96.0 cm³/mol. The van der Waals surface area contributed by atoms with Gasteiger partial charge >= 0.3 is 11.9 Å². The number of para-hydroxylation sites is 1. The number of esters is 2. The van der Waals surface area contributed by atoms with Crippen molar-refractivity contribution in [2.45, 2.75) is 13.8 Å². The molecule has 0 unspecified atom stereocenters. The van der Waals surface area contributed by atoms with E-state index in [9.17, 15) is 9.59 Å². The second-order valence-electron chi connectivity index (χ2n) is 6.16. The third-order valence-corrected chi connectivity index (χ3v) is 4.60. The van der Waals surface area contributed by atoms with Gasteiger partial charge in [-0.3, -0.25) is 0 Å². The number of rotatable bonds is 3. The number of carbonyl (C=O) groups excluding carboxylic acids is 2. The minimum atomic E-state index is -0.593. The number of allylic oxidation sites excluding steroid dienone is 2. The second kappa shape index (κ2) is 7.07. The average molecular weight is 355 g/mol. The van der Waals surface area contributed by atoms with Crippen LogP contribution in [0.2, 0.25) is 0 Å². The lowest BCUT2D eigenvalue weighted by atomic mass is 9.79. The maximum absolute atomic E-state index is 12.5. The van der Waals surface area contributed by atoms with Gasteiger partial charge in [-0.2, -0.15) is 0 Å². The molecule has 0 atom stereocenters. The molecule has 0 saturated heterocycles. The Labute approximate surface area is 152 Å². The Bertz CT molecular complexity index is 825. The summed E-state index contributed by atoms with van der Waals surface area (Å²) in [4.78, 5) is 25.0. The summed E-state index contributed by atoms with van der Waals surface area (Å²) in [6.45, 7) is 3.84. The molecule has 26 heavy (non-hydrogen) atoms. The first-order chi connectivity index (χ1) is 12.5. The SMILES string of the molecule is COC(=O)C1=C(C)NC(C)=C(C(=O)OC)C1C1=Cc2ccccc2OC1. The lowest BCUT2D eigenvalue weighted by Crippen LogP contribution is -2.35. The molecule has 6 nitrogen and oxygen atoms in total. The van der Waals surface area contributed by atoms with Gasteiger partial charge < -0.3 is 19.5 Å². The van der Waals surface area contributed by atoms with Crippen LogP contribution in [-0.4, -0.2) is 32.8 Å². The summed E-state index contributed by atoms with van der Waals surface area (Å²) >= 11 is 0.